The summed E-state index contributed by atoms with van der Waals surface area (Å²) in [7, 11) is 6.67. The van der Waals surface area contributed by atoms with Crippen LogP contribution in [0.3, 0.4) is 0 Å². The van der Waals surface area contributed by atoms with E-state index in [9.17, 15) is 9.59 Å². The lowest BCUT2D eigenvalue weighted by Gasteiger charge is -2.18. The van der Waals surface area contributed by atoms with Crippen molar-refractivity contribution in [3.63, 3.8) is 0 Å². The average Bonchev–Trinajstić information content (AvgIpc) is 3.00. The monoisotopic (exact) mass is 405 g/mol. The first-order chi connectivity index (χ1) is 13.8. The lowest BCUT2D eigenvalue weighted by molar-refractivity contribution is -0.134. The van der Waals surface area contributed by atoms with Gasteiger partial charge < -0.3 is 19.7 Å². The van der Waals surface area contributed by atoms with Crippen molar-refractivity contribution in [2.24, 2.45) is 7.05 Å². The molecule has 160 valence electrons. The van der Waals surface area contributed by atoms with Crippen LogP contribution in [-0.4, -0.2) is 72.4 Å². The van der Waals surface area contributed by atoms with Crippen LogP contribution in [-0.2, 0) is 27.8 Å². The third-order valence-corrected chi connectivity index (χ3v) is 4.96. The summed E-state index contributed by atoms with van der Waals surface area (Å²) in [6.07, 6.45) is 1.58. The smallest absolute Gasteiger partial charge is 0.242 e. The molecule has 0 atom stereocenters. The minimum Gasteiger partial charge on any atom is -0.479 e. The van der Waals surface area contributed by atoms with Gasteiger partial charge in [0, 0.05) is 46.5 Å². The van der Waals surface area contributed by atoms with Crippen LogP contribution in [0.5, 0.6) is 5.88 Å². The van der Waals surface area contributed by atoms with E-state index < -0.39 is 0 Å². The molecule has 0 saturated carbocycles. The first-order valence-corrected chi connectivity index (χ1v) is 9.66. The predicted octanol–water partition coefficient (Wildman–Crippen LogP) is 1.14. The van der Waals surface area contributed by atoms with Crippen molar-refractivity contribution in [1.82, 2.24) is 25.0 Å². The Bertz CT molecular complexity index is 878. The molecule has 0 aliphatic heterocycles. The quantitative estimate of drug-likeness (QED) is 0.595. The molecule has 9 heteroatoms. The Balaban J connectivity index is 2.01. The van der Waals surface area contributed by atoms with Gasteiger partial charge >= 0.3 is 0 Å². The minimum absolute atomic E-state index is 0.0392. The summed E-state index contributed by atoms with van der Waals surface area (Å²) in [4.78, 5) is 30.5. The van der Waals surface area contributed by atoms with Crippen molar-refractivity contribution < 1.29 is 19.1 Å². The Morgan fingerprint density at radius 1 is 1.24 bits per heavy atom. The summed E-state index contributed by atoms with van der Waals surface area (Å²) in [5.74, 6) is 0.268. The number of methoxy groups -OCH3 is 2. The Morgan fingerprint density at radius 2 is 1.97 bits per heavy atom. The number of carbonyl (C=O) groups is 2. The molecule has 0 saturated heterocycles. The highest BCUT2D eigenvalue weighted by molar-refractivity contribution is 5.87. The van der Waals surface area contributed by atoms with Gasteiger partial charge in [-0.15, -0.1) is 5.10 Å². The summed E-state index contributed by atoms with van der Waals surface area (Å²) in [6.45, 7) is 5.10. The topological polar surface area (TPSA) is 98.6 Å². The normalized spacial score (nSPS) is 11.0. The maximum absolute atomic E-state index is 12.5. The molecular formula is C20H31N5O4. The van der Waals surface area contributed by atoms with Gasteiger partial charge in [0.15, 0.2) is 5.65 Å². The molecule has 2 aromatic heterocycles. The number of pyridine rings is 1. The maximum atomic E-state index is 12.5. The molecule has 29 heavy (non-hydrogen) atoms. The van der Waals surface area contributed by atoms with Gasteiger partial charge in [0.1, 0.15) is 0 Å². The van der Waals surface area contributed by atoms with Gasteiger partial charge in [-0.05, 0) is 37.8 Å². The molecule has 0 spiro atoms. The van der Waals surface area contributed by atoms with Crippen LogP contribution in [0.15, 0.2) is 0 Å². The van der Waals surface area contributed by atoms with E-state index in [0.29, 0.717) is 31.9 Å². The largest absolute Gasteiger partial charge is 0.479 e. The van der Waals surface area contributed by atoms with E-state index in [1.54, 1.807) is 25.9 Å². The lowest BCUT2D eigenvalue weighted by atomic mass is 10.00. The van der Waals surface area contributed by atoms with Gasteiger partial charge in [-0.25, -0.2) is 9.67 Å². The van der Waals surface area contributed by atoms with Crippen molar-refractivity contribution in [2.45, 2.75) is 33.1 Å². The lowest BCUT2D eigenvalue weighted by Crippen LogP contribution is -2.38. The second kappa shape index (κ2) is 10.2. The number of nitrogens with one attached hydrogen (secondary N) is 1. The number of hydrogen-bond acceptors (Lipinski definition) is 6. The molecule has 0 unspecified atom stereocenters. The van der Waals surface area contributed by atoms with Crippen LogP contribution in [0.25, 0.3) is 11.0 Å². The number of likely N-dealkylation sites (N-methyl/N-ethyl adjacent to an activating group) is 1. The van der Waals surface area contributed by atoms with Crippen LogP contribution in [0.1, 0.15) is 29.7 Å². The molecule has 0 aliphatic rings. The molecule has 2 rings (SSSR count). The molecule has 0 aromatic carbocycles. The Hall–Kier alpha value is -2.68. The van der Waals surface area contributed by atoms with Crippen LogP contribution in [0, 0.1) is 13.8 Å². The number of fused-ring (bicyclic) bond motifs is 1. The third kappa shape index (κ3) is 5.44. The fraction of sp³-hybridized carbons (Fsp3) is 0.600. The van der Waals surface area contributed by atoms with E-state index in [-0.39, 0.29) is 18.4 Å². The number of aryl methyl sites for hydroxylation is 3. The third-order valence-electron chi connectivity index (χ3n) is 4.96. The highest BCUT2D eigenvalue weighted by atomic mass is 16.5. The van der Waals surface area contributed by atoms with Crippen molar-refractivity contribution in [1.29, 1.82) is 0 Å². The van der Waals surface area contributed by atoms with Crippen LogP contribution >= 0.6 is 0 Å². The first kappa shape index (κ1) is 22.6. The molecule has 0 radical (unpaired) electrons. The summed E-state index contributed by atoms with van der Waals surface area (Å²) < 4.78 is 12.0. The number of amides is 2. The molecule has 0 bridgehead atoms. The van der Waals surface area contributed by atoms with Crippen LogP contribution < -0.4 is 10.1 Å². The number of ether oxygens (including phenoxy) is 2. The number of aromatic nitrogens is 3. The van der Waals surface area contributed by atoms with E-state index in [0.717, 1.165) is 34.3 Å². The number of carbonyl (C=O) groups excluding carboxylic acids is 2. The molecule has 0 aliphatic carbocycles. The van der Waals surface area contributed by atoms with Crippen molar-refractivity contribution in [3.05, 3.63) is 16.8 Å². The first-order valence-electron chi connectivity index (χ1n) is 9.66. The Kier molecular flexibility index (Phi) is 7.95. The van der Waals surface area contributed by atoms with E-state index in [1.165, 1.54) is 4.90 Å². The van der Waals surface area contributed by atoms with Crippen LogP contribution in [0.2, 0.25) is 0 Å². The molecule has 1 N–H and O–H groups in total. The van der Waals surface area contributed by atoms with Crippen molar-refractivity contribution in [3.8, 4) is 5.88 Å². The predicted molar refractivity (Wildman–Crippen MR) is 110 cm³/mol. The number of nitrogens with zero attached hydrogens (tertiary/aromatic N) is 4. The van der Waals surface area contributed by atoms with E-state index in [1.807, 2.05) is 20.9 Å². The summed E-state index contributed by atoms with van der Waals surface area (Å²) in [6, 6.07) is 0. The highest BCUT2D eigenvalue weighted by Gasteiger charge is 2.19. The van der Waals surface area contributed by atoms with Gasteiger partial charge in [0.2, 0.25) is 17.7 Å². The van der Waals surface area contributed by atoms with Crippen molar-refractivity contribution in [2.75, 3.05) is 41.0 Å². The summed E-state index contributed by atoms with van der Waals surface area (Å²) in [5.41, 5.74) is 3.65. The zero-order chi connectivity index (χ0) is 21.6. The van der Waals surface area contributed by atoms with Gasteiger partial charge in [-0.1, -0.05) is 0 Å². The Labute approximate surface area is 171 Å². The Morgan fingerprint density at radius 3 is 2.62 bits per heavy atom. The molecule has 9 nitrogen and oxygen atoms in total. The highest BCUT2D eigenvalue weighted by Crippen LogP contribution is 2.30. The second-order valence-corrected chi connectivity index (χ2v) is 7.08. The minimum atomic E-state index is -0.174. The van der Waals surface area contributed by atoms with Crippen molar-refractivity contribution >= 4 is 22.8 Å². The summed E-state index contributed by atoms with van der Waals surface area (Å²) >= 11 is 0. The van der Waals surface area contributed by atoms with Gasteiger partial charge in [-0.3, -0.25) is 9.59 Å². The number of hydrogen-bond donors (Lipinski definition) is 1. The molecule has 2 aromatic rings. The van der Waals surface area contributed by atoms with E-state index >= 15 is 0 Å². The van der Waals surface area contributed by atoms with Gasteiger partial charge in [0.25, 0.3) is 0 Å². The van der Waals surface area contributed by atoms with Crippen LogP contribution in [0.4, 0.5) is 0 Å². The zero-order valence-electron chi connectivity index (χ0n) is 18.2. The van der Waals surface area contributed by atoms with Gasteiger partial charge in [-0.2, -0.15) is 0 Å². The average molecular weight is 405 g/mol. The standard InChI is InChI=1S/C20H31N5O4/c1-13-15(14(2)22-19-18(13)20(29-6)23-25(19)4)8-9-17(27)24(3)12-16(26)21-10-7-11-28-5/h7-12H2,1-6H3,(H,21,26). The maximum Gasteiger partial charge on any atom is 0.242 e. The fourth-order valence-electron chi connectivity index (χ4n) is 3.33. The second-order valence-electron chi connectivity index (χ2n) is 7.08. The summed E-state index contributed by atoms with van der Waals surface area (Å²) in [5, 5.41) is 8.00. The zero-order valence-corrected chi connectivity index (χ0v) is 18.2. The molecule has 0 fully saturated rings. The molecule has 2 heterocycles. The van der Waals surface area contributed by atoms with Gasteiger partial charge in [0.05, 0.1) is 19.0 Å². The van der Waals surface area contributed by atoms with E-state index in [2.05, 4.69) is 15.4 Å². The number of rotatable bonds is 10. The molecular weight excluding hydrogens is 374 g/mol. The van der Waals surface area contributed by atoms with E-state index in [4.69, 9.17) is 9.47 Å². The fourth-order valence-corrected chi connectivity index (χ4v) is 3.33. The SMILES string of the molecule is COCCCNC(=O)CN(C)C(=O)CCc1c(C)nc2c(c(OC)nn2C)c1C. The molecule has 2 amide bonds.